The first-order chi connectivity index (χ1) is 8.86. The summed E-state index contributed by atoms with van der Waals surface area (Å²) in [5, 5.41) is 0. The van der Waals surface area contributed by atoms with E-state index in [1.54, 1.807) is 13.0 Å². The van der Waals surface area contributed by atoms with Crippen LogP contribution in [0.3, 0.4) is 0 Å². The first-order valence-corrected chi connectivity index (χ1v) is 7.58. The molecule has 0 unspecified atom stereocenters. The van der Waals surface area contributed by atoms with E-state index in [0.717, 1.165) is 0 Å². The Morgan fingerprint density at radius 1 is 1.35 bits per heavy atom. The van der Waals surface area contributed by atoms with Gasteiger partial charge >= 0.3 is 35.4 Å². The second-order valence-corrected chi connectivity index (χ2v) is 6.14. The van der Waals surface area contributed by atoms with Gasteiger partial charge in [0, 0.05) is 4.90 Å². The van der Waals surface area contributed by atoms with Crippen LogP contribution in [0.1, 0.15) is 12.9 Å². The number of thioether (sulfide) groups is 1. The maximum Gasteiger partial charge on any atom is 1.00 e. The molecule has 2 aromatic rings. The molecule has 0 radical (unpaired) electrons. The molecule has 1 aromatic heterocycles. The van der Waals surface area contributed by atoms with E-state index in [1.807, 2.05) is 0 Å². The van der Waals surface area contributed by atoms with Crippen molar-refractivity contribution in [1.29, 1.82) is 0 Å². The van der Waals surface area contributed by atoms with Crippen molar-refractivity contribution in [3.8, 4) is 0 Å². The van der Waals surface area contributed by atoms with Gasteiger partial charge in [-0.1, -0.05) is 6.07 Å². The maximum atomic E-state index is 11.0. The van der Waals surface area contributed by atoms with Gasteiger partial charge in [-0.3, -0.25) is 4.55 Å². The van der Waals surface area contributed by atoms with Crippen molar-refractivity contribution >= 4 is 21.9 Å². The molecule has 0 atom stereocenters. The summed E-state index contributed by atoms with van der Waals surface area (Å²) in [6, 6.07) is 5.84. The fourth-order valence-corrected chi connectivity index (χ4v) is 2.93. The number of aryl methyl sites for hydroxylation is 1. The molecule has 104 valence electrons. The van der Waals surface area contributed by atoms with Crippen LogP contribution < -0.4 is 35.4 Å². The van der Waals surface area contributed by atoms with E-state index in [2.05, 4.69) is 0 Å². The molecule has 1 N–H and O–H groups in total. The molecule has 6 nitrogen and oxygen atoms in total. The van der Waals surface area contributed by atoms with E-state index in [-0.39, 0.29) is 35.9 Å². The van der Waals surface area contributed by atoms with E-state index >= 15 is 0 Å². The first-order valence-electron chi connectivity index (χ1n) is 5.16. The predicted octanol–water partition coefficient (Wildman–Crippen LogP) is -0.803. The summed E-state index contributed by atoms with van der Waals surface area (Å²) in [7, 11) is -4.22. The zero-order chi connectivity index (χ0) is 14.0. The Bertz CT molecular complexity index is 752. The summed E-state index contributed by atoms with van der Waals surface area (Å²) in [5.74, 6) is 0.349. The third-order valence-electron chi connectivity index (χ3n) is 2.31. The quantitative estimate of drug-likeness (QED) is 0.446. The van der Waals surface area contributed by atoms with Gasteiger partial charge in [0.15, 0.2) is 5.76 Å². The molecule has 0 saturated heterocycles. The molecule has 0 amide bonds. The molecule has 2 rings (SSSR count). The molecule has 0 aliphatic carbocycles. The van der Waals surface area contributed by atoms with Crippen LogP contribution in [0, 0.1) is 6.92 Å². The summed E-state index contributed by atoms with van der Waals surface area (Å²) in [6.07, 6.45) is 0. The second kappa shape index (κ2) is 6.97. The number of hydrogen-bond donors (Lipinski definition) is 1. The van der Waals surface area contributed by atoms with E-state index in [9.17, 15) is 13.2 Å². The predicted molar refractivity (Wildman–Crippen MR) is 68.9 cm³/mol. The monoisotopic (exact) mass is 326 g/mol. The fourth-order valence-electron chi connectivity index (χ4n) is 1.38. The van der Waals surface area contributed by atoms with Crippen LogP contribution in [0.4, 0.5) is 0 Å². The van der Waals surface area contributed by atoms with Gasteiger partial charge in [-0.15, -0.1) is 11.8 Å². The van der Waals surface area contributed by atoms with E-state index in [1.165, 1.54) is 30.0 Å². The van der Waals surface area contributed by atoms with E-state index in [0.29, 0.717) is 22.2 Å². The van der Waals surface area contributed by atoms with Crippen LogP contribution in [-0.4, -0.2) is 13.0 Å². The van der Waals surface area contributed by atoms with Crippen molar-refractivity contribution in [2.45, 2.75) is 22.5 Å². The average Bonchev–Trinajstić information content (AvgIpc) is 2.64. The fraction of sp³-hybridized carbons (Fsp3) is 0.182. The Morgan fingerprint density at radius 2 is 2.05 bits per heavy atom. The molecule has 0 saturated carbocycles. The summed E-state index contributed by atoms with van der Waals surface area (Å²) >= 11 is 1.26. The van der Waals surface area contributed by atoms with Crippen molar-refractivity contribution in [3.05, 3.63) is 46.4 Å². The molecule has 0 bridgehead atoms. The molecule has 0 spiro atoms. The molecular weight excluding hydrogens is 315 g/mol. The van der Waals surface area contributed by atoms with Gasteiger partial charge in [-0.2, -0.15) is 8.42 Å². The molecular formula is C11H11NaO6S2. The minimum absolute atomic E-state index is 0. The van der Waals surface area contributed by atoms with Gasteiger partial charge < -0.3 is 10.3 Å². The summed E-state index contributed by atoms with van der Waals surface area (Å²) in [5.41, 5.74) is 0. The Kier molecular flexibility index (Phi) is 6.11. The standard InChI is InChI=1S/C11H10O6S2.Na.H/c1-7-10(17-11(12)16-7)6-18-8-3-2-4-9(5-8)19(13,14)15;;/h2-5H,6H2,1H3,(H,13,14,15);;/q;+1;-1. The van der Waals surface area contributed by atoms with Crippen molar-refractivity contribution in [1.82, 2.24) is 0 Å². The van der Waals surface area contributed by atoms with Crippen molar-refractivity contribution in [2.24, 2.45) is 0 Å². The molecule has 0 aliphatic rings. The molecule has 9 heteroatoms. The minimum Gasteiger partial charge on any atom is -1.00 e. The number of hydrogen-bond acceptors (Lipinski definition) is 6. The summed E-state index contributed by atoms with van der Waals surface area (Å²) in [6.45, 7) is 1.61. The number of benzene rings is 1. The van der Waals surface area contributed by atoms with Gasteiger partial charge in [0.05, 0.1) is 10.6 Å². The van der Waals surface area contributed by atoms with Gasteiger partial charge in [-0.05, 0) is 25.1 Å². The summed E-state index contributed by atoms with van der Waals surface area (Å²) < 4.78 is 40.4. The first kappa shape index (κ1) is 17.5. The molecule has 1 aromatic carbocycles. The van der Waals surface area contributed by atoms with Crippen LogP contribution in [-0.2, 0) is 15.9 Å². The van der Waals surface area contributed by atoms with Crippen molar-refractivity contribution in [2.75, 3.05) is 0 Å². The average molecular weight is 326 g/mol. The van der Waals surface area contributed by atoms with E-state index in [4.69, 9.17) is 13.4 Å². The van der Waals surface area contributed by atoms with Gasteiger partial charge in [-0.25, -0.2) is 4.79 Å². The van der Waals surface area contributed by atoms with Crippen LogP contribution in [0.2, 0.25) is 0 Å². The van der Waals surface area contributed by atoms with E-state index < -0.39 is 15.9 Å². The molecule has 1 heterocycles. The Labute approximate surface area is 143 Å². The Morgan fingerprint density at radius 3 is 2.60 bits per heavy atom. The van der Waals surface area contributed by atoms with Crippen LogP contribution in [0.15, 0.2) is 47.7 Å². The third kappa shape index (κ3) is 4.51. The molecule has 0 fully saturated rings. The summed E-state index contributed by atoms with van der Waals surface area (Å²) in [4.78, 5) is 11.3. The zero-order valence-corrected chi connectivity index (χ0v) is 14.5. The SMILES string of the molecule is Cc1oc(=O)oc1CSc1cccc(S(=O)(=O)O)c1.[H-].[Na+]. The Hall–Kier alpha value is -0.510. The van der Waals surface area contributed by atoms with Crippen LogP contribution in [0.25, 0.3) is 0 Å². The van der Waals surface area contributed by atoms with Gasteiger partial charge in [0.2, 0.25) is 0 Å². The van der Waals surface area contributed by atoms with Crippen LogP contribution >= 0.6 is 11.8 Å². The minimum atomic E-state index is -4.22. The van der Waals surface area contributed by atoms with Gasteiger partial charge in [0.25, 0.3) is 10.1 Å². The molecule has 20 heavy (non-hydrogen) atoms. The van der Waals surface area contributed by atoms with Crippen molar-refractivity contribution in [3.63, 3.8) is 0 Å². The van der Waals surface area contributed by atoms with Crippen molar-refractivity contribution < 1.29 is 52.8 Å². The normalized spacial score (nSPS) is 11.1. The number of rotatable bonds is 4. The molecule has 0 aliphatic heterocycles. The van der Waals surface area contributed by atoms with Crippen LogP contribution in [0.5, 0.6) is 0 Å². The second-order valence-electron chi connectivity index (χ2n) is 3.67. The smallest absolute Gasteiger partial charge is 1.00 e. The Balaban J connectivity index is 0.00000200. The zero-order valence-electron chi connectivity index (χ0n) is 11.8. The topological polar surface area (TPSA) is 97.7 Å². The largest absolute Gasteiger partial charge is 1.00 e. The van der Waals surface area contributed by atoms with Gasteiger partial charge in [0.1, 0.15) is 5.76 Å². The third-order valence-corrected chi connectivity index (χ3v) is 4.15. The maximum absolute atomic E-state index is 11.0.